The first-order valence-corrected chi connectivity index (χ1v) is 9.16. The van der Waals surface area contributed by atoms with E-state index in [1.54, 1.807) is 11.3 Å². The van der Waals surface area contributed by atoms with Crippen LogP contribution in [0.1, 0.15) is 47.1 Å². The van der Waals surface area contributed by atoms with Crippen LogP contribution in [0.4, 0.5) is 0 Å². The Morgan fingerprint density at radius 2 is 1.96 bits per heavy atom. The van der Waals surface area contributed by atoms with E-state index in [0.717, 1.165) is 28.8 Å². The van der Waals surface area contributed by atoms with Gasteiger partial charge in [0.1, 0.15) is 0 Å². The molecule has 4 rings (SSSR count). The van der Waals surface area contributed by atoms with Crippen molar-refractivity contribution in [2.24, 2.45) is 0 Å². The Bertz CT molecular complexity index is 835. The summed E-state index contributed by atoms with van der Waals surface area (Å²) in [6, 6.07) is 12.3. The summed E-state index contributed by atoms with van der Waals surface area (Å²) in [5, 5.41) is 5.02. The molecule has 1 aromatic carbocycles. The number of ketones is 1. The highest BCUT2D eigenvalue weighted by Crippen LogP contribution is 2.43. The van der Waals surface area contributed by atoms with Gasteiger partial charge in [-0.1, -0.05) is 35.9 Å². The Labute approximate surface area is 145 Å². The summed E-state index contributed by atoms with van der Waals surface area (Å²) in [5.74, 6) is 0.277. The molecular weight excluding hydrogens is 318 g/mol. The van der Waals surface area contributed by atoms with Crippen LogP contribution < -0.4 is 5.32 Å². The van der Waals surface area contributed by atoms with Crippen LogP contribution in [0, 0.1) is 6.92 Å². The zero-order valence-corrected chi connectivity index (χ0v) is 14.4. The van der Waals surface area contributed by atoms with E-state index in [9.17, 15) is 9.59 Å². The van der Waals surface area contributed by atoms with Crippen LogP contribution in [-0.4, -0.2) is 11.7 Å². The lowest BCUT2D eigenvalue weighted by molar-refractivity contribution is -0.122. The van der Waals surface area contributed by atoms with E-state index >= 15 is 0 Å². The molecule has 4 heteroatoms. The SMILES string of the molecule is Cc1cccc([C@@H]2CC(=O)NC3=C2C(=O)C[C@@H](c2cccs2)C3)c1. The van der Waals surface area contributed by atoms with Gasteiger partial charge in [0.25, 0.3) is 0 Å². The largest absolute Gasteiger partial charge is 0.329 e. The van der Waals surface area contributed by atoms with E-state index < -0.39 is 0 Å². The maximum atomic E-state index is 12.9. The normalized spacial score (nSPS) is 23.9. The molecule has 1 N–H and O–H groups in total. The van der Waals surface area contributed by atoms with E-state index in [1.165, 1.54) is 4.88 Å². The number of nitrogens with one attached hydrogen (secondary N) is 1. The molecule has 0 spiro atoms. The summed E-state index contributed by atoms with van der Waals surface area (Å²) < 4.78 is 0. The Morgan fingerprint density at radius 3 is 2.71 bits per heavy atom. The molecule has 0 bridgehead atoms. The van der Waals surface area contributed by atoms with Crippen molar-refractivity contribution in [2.75, 3.05) is 0 Å². The maximum Gasteiger partial charge on any atom is 0.225 e. The van der Waals surface area contributed by atoms with Crippen LogP contribution in [-0.2, 0) is 9.59 Å². The third-order valence-electron chi connectivity index (χ3n) is 4.93. The van der Waals surface area contributed by atoms with Crippen molar-refractivity contribution in [1.29, 1.82) is 0 Å². The molecule has 24 heavy (non-hydrogen) atoms. The molecular formula is C20H19NO2S. The molecule has 1 aromatic heterocycles. The Hall–Kier alpha value is -2.20. The third-order valence-corrected chi connectivity index (χ3v) is 5.96. The van der Waals surface area contributed by atoms with Gasteiger partial charge in [-0.25, -0.2) is 0 Å². The summed E-state index contributed by atoms with van der Waals surface area (Å²) >= 11 is 1.68. The van der Waals surface area contributed by atoms with E-state index in [4.69, 9.17) is 0 Å². The number of carbonyl (C=O) groups excluding carboxylic acids is 2. The molecule has 0 saturated heterocycles. The van der Waals surface area contributed by atoms with Crippen LogP contribution in [0.3, 0.4) is 0 Å². The average Bonchev–Trinajstić information content (AvgIpc) is 3.08. The van der Waals surface area contributed by atoms with E-state index in [0.29, 0.717) is 12.8 Å². The number of aryl methyl sites for hydroxylation is 1. The Balaban J connectivity index is 1.74. The first kappa shape index (κ1) is 15.3. The van der Waals surface area contributed by atoms with Crippen molar-refractivity contribution in [3.8, 4) is 0 Å². The number of amides is 1. The minimum absolute atomic E-state index is 0.0138. The number of hydrogen-bond donors (Lipinski definition) is 1. The van der Waals surface area contributed by atoms with Gasteiger partial charge < -0.3 is 5.32 Å². The molecule has 2 atom stereocenters. The zero-order valence-electron chi connectivity index (χ0n) is 13.5. The van der Waals surface area contributed by atoms with Gasteiger partial charge in [-0.2, -0.15) is 0 Å². The highest BCUT2D eigenvalue weighted by molar-refractivity contribution is 7.10. The Kier molecular flexibility index (Phi) is 3.85. The third kappa shape index (κ3) is 2.71. The number of hydrogen-bond acceptors (Lipinski definition) is 3. The van der Waals surface area contributed by atoms with E-state index in [-0.39, 0.29) is 23.5 Å². The molecule has 1 aliphatic heterocycles. The average molecular weight is 337 g/mol. The lowest BCUT2D eigenvalue weighted by Gasteiger charge is -2.34. The van der Waals surface area contributed by atoms with Crippen LogP contribution in [0.25, 0.3) is 0 Å². The predicted molar refractivity (Wildman–Crippen MR) is 95.0 cm³/mol. The highest BCUT2D eigenvalue weighted by atomic mass is 32.1. The number of Topliss-reactive ketones (excluding diaryl/α,β-unsaturated/α-hetero) is 1. The smallest absolute Gasteiger partial charge is 0.225 e. The summed E-state index contributed by atoms with van der Waals surface area (Å²) in [4.78, 5) is 26.4. The Morgan fingerprint density at radius 1 is 1.08 bits per heavy atom. The van der Waals surface area contributed by atoms with Gasteiger partial charge in [-0.05, 0) is 30.4 Å². The topological polar surface area (TPSA) is 46.2 Å². The second-order valence-electron chi connectivity index (χ2n) is 6.66. The van der Waals surface area contributed by atoms with Crippen LogP contribution >= 0.6 is 11.3 Å². The lowest BCUT2D eigenvalue weighted by Crippen LogP contribution is -2.38. The van der Waals surface area contributed by atoms with E-state index in [2.05, 4.69) is 17.4 Å². The van der Waals surface area contributed by atoms with Crippen molar-refractivity contribution in [1.82, 2.24) is 5.32 Å². The molecule has 2 heterocycles. The molecule has 3 nitrogen and oxygen atoms in total. The van der Waals surface area contributed by atoms with Crippen molar-refractivity contribution in [2.45, 2.75) is 38.0 Å². The zero-order chi connectivity index (χ0) is 16.7. The molecule has 1 amide bonds. The molecule has 2 aromatic rings. The van der Waals surface area contributed by atoms with Crippen molar-refractivity contribution < 1.29 is 9.59 Å². The summed E-state index contributed by atoms with van der Waals surface area (Å²) in [6.07, 6.45) is 1.64. The fourth-order valence-electron chi connectivity index (χ4n) is 3.86. The first-order chi connectivity index (χ1) is 11.6. The summed E-state index contributed by atoms with van der Waals surface area (Å²) in [6.45, 7) is 2.04. The number of benzene rings is 1. The molecule has 0 unspecified atom stereocenters. The van der Waals surface area contributed by atoms with Crippen molar-refractivity contribution in [3.63, 3.8) is 0 Å². The van der Waals surface area contributed by atoms with Gasteiger partial charge in [-0.15, -0.1) is 11.3 Å². The fraction of sp³-hybridized carbons (Fsp3) is 0.300. The number of thiophene rings is 1. The molecule has 0 saturated carbocycles. The fourth-order valence-corrected chi connectivity index (χ4v) is 4.69. The number of rotatable bonds is 2. The molecule has 0 radical (unpaired) electrons. The first-order valence-electron chi connectivity index (χ1n) is 8.28. The molecule has 122 valence electrons. The second-order valence-corrected chi connectivity index (χ2v) is 7.63. The summed E-state index contributed by atoms with van der Waals surface area (Å²) in [7, 11) is 0. The molecule has 1 aliphatic carbocycles. The van der Waals surface area contributed by atoms with Gasteiger partial charge in [0.2, 0.25) is 5.91 Å². The van der Waals surface area contributed by atoms with Crippen LogP contribution in [0.2, 0.25) is 0 Å². The van der Waals surface area contributed by atoms with Gasteiger partial charge in [0.15, 0.2) is 5.78 Å². The van der Waals surface area contributed by atoms with Gasteiger partial charge in [0, 0.05) is 40.8 Å². The standard InChI is InChI=1S/C20H19NO2S/c1-12-4-2-5-13(8-12)15-11-19(23)21-16-9-14(10-17(22)20(15)16)18-6-3-7-24-18/h2-8,14-15H,9-11H2,1H3,(H,21,23)/t14-,15-/m0/s1. The predicted octanol–water partition coefficient (Wildman–Crippen LogP) is 4.06. The highest BCUT2D eigenvalue weighted by Gasteiger charge is 2.38. The quantitative estimate of drug-likeness (QED) is 0.898. The van der Waals surface area contributed by atoms with Gasteiger partial charge in [-0.3, -0.25) is 9.59 Å². The number of carbonyl (C=O) groups is 2. The van der Waals surface area contributed by atoms with Gasteiger partial charge in [0.05, 0.1) is 0 Å². The molecule has 2 aliphatic rings. The molecule has 0 fully saturated rings. The van der Waals surface area contributed by atoms with Crippen molar-refractivity contribution >= 4 is 23.0 Å². The minimum Gasteiger partial charge on any atom is -0.329 e. The second kappa shape index (κ2) is 6.02. The van der Waals surface area contributed by atoms with E-state index in [1.807, 2.05) is 36.6 Å². The minimum atomic E-state index is -0.106. The lowest BCUT2D eigenvalue weighted by atomic mass is 9.74. The van der Waals surface area contributed by atoms with Crippen LogP contribution in [0.15, 0.2) is 53.0 Å². The van der Waals surface area contributed by atoms with Crippen LogP contribution in [0.5, 0.6) is 0 Å². The van der Waals surface area contributed by atoms with Crippen molar-refractivity contribution in [3.05, 3.63) is 69.1 Å². The monoisotopic (exact) mass is 337 g/mol. The maximum absolute atomic E-state index is 12.9. The summed E-state index contributed by atoms with van der Waals surface area (Å²) in [5.41, 5.74) is 3.89. The van der Waals surface area contributed by atoms with Gasteiger partial charge >= 0.3 is 0 Å². The number of allylic oxidation sites excluding steroid dienone is 2.